The van der Waals surface area contributed by atoms with Gasteiger partial charge in [-0.15, -0.1) is 0 Å². The van der Waals surface area contributed by atoms with Crippen molar-refractivity contribution in [3.63, 3.8) is 0 Å². The summed E-state index contributed by atoms with van der Waals surface area (Å²) in [5, 5.41) is 8.54. The van der Waals surface area contributed by atoms with Crippen LogP contribution >= 0.6 is 0 Å². The molecule has 3 nitrogen and oxygen atoms in total. The molecule has 3 unspecified atom stereocenters. The lowest BCUT2D eigenvalue weighted by Gasteiger charge is -2.32. The van der Waals surface area contributed by atoms with Gasteiger partial charge in [-0.05, 0) is 57.9 Å². The molecule has 3 heteroatoms. The summed E-state index contributed by atoms with van der Waals surface area (Å²) in [6.45, 7) is 14.7. The third-order valence-corrected chi connectivity index (χ3v) is 5.09. The third-order valence-electron chi connectivity index (χ3n) is 5.09. The zero-order valence-corrected chi connectivity index (χ0v) is 14.7. The first-order valence-corrected chi connectivity index (χ1v) is 8.76. The first-order valence-electron chi connectivity index (χ1n) is 8.76. The molecule has 1 aliphatic carbocycles. The number of aromatic nitrogens is 2. The highest BCUT2D eigenvalue weighted by atomic mass is 15.3. The number of hydrogen-bond acceptors (Lipinski definition) is 2. The van der Waals surface area contributed by atoms with Crippen molar-refractivity contribution >= 4 is 0 Å². The molecular formula is C18H33N3. The molecule has 1 fully saturated rings. The van der Waals surface area contributed by atoms with Gasteiger partial charge in [0.05, 0.1) is 11.7 Å². The Balaban J connectivity index is 2.29. The summed E-state index contributed by atoms with van der Waals surface area (Å²) < 4.78 is 2.34. The van der Waals surface area contributed by atoms with E-state index in [1.165, 1.54) is 36.2 Å². The van der Waals surface area contributed by atoms with E-state index >= 15 is 0 Å². The lowest BCUT2D eigenvalue weighted by molar-refractivity contribution is 0.207. The molecule has 0 saturated heterocycles. The zero-order valence-electron chi connectivity index (χ0n) is 14.7. The molecule has 0 radical (unpaired) electrons. The Kier molecular flexibility index (Phi) is 5.48. The van der Waals surface area contributed by atoms with Crippen LogP contribution in [0, 0.1) is 25.7 Å². The van der Waals surface area contributed by atoms with Gasteiger partial charge in [0, 0.05) is 17.3 Å². The molecule has 1 aromatic rings. The number of rotatable bonds is 5. The van der Waals surface area contributed by atoms with Crippen molar-refractivity contribution in [3.8, 4) is 0 Å². The van der Waals surface area contributed by atoms with Gasteiger partial charge in [0.15, 0.2) is 0 Å². The molecule has 120 valence electrons. The largest absolute Gasteiger partial charge is 0.310 e. The average molecular weight is 291 g/mol. The first-order chi connectivity index (χ1) is 9.97. The van der Waals surface area contributed by atoms with Crippen LogP contribution in [0.3, 0.4) is 0 Å². The Morgan fingerprint density at radius 3 is 2.29 bits per heavy atom. The summed E-state index contributed by atoms with van der Waals surface area (Å²) in [7, 11) is 0. The normalized spacial score (nSPS) is 27.8. The molecule has 1 saturated carbocycles. The Hall–Kier alpha value is -0.830. The summed E-state index contributed by atoms with van der Waals surface area (Å²) in [4.78, 5) is 0. The molecule has 1 N–H and O–H groups in total. The number of nitrogens with zero attached hydrogens (tertiary/aromatic N) is 2. The third kappa shape index (κ3) is 3.50. The second kappa shape index (κ2) is 6.95. The molecule has 1 aromatic heterocycles. The molecule has 0 bridgehead atoms. The van der Waals surface area contributed by atoms with Gasteiger partial charge in [-0.2, -0.15) is 5.10 Å². The van der Waals surface area contributed by atoms with Gasteiger partial charge in [0.25, 0.3) is 0 Å². The summed E-state index contributed by atoms with van der Waals surface area (Å²) in [6, 6.07) is 1.04. The Morgan fingerprint density at radius 1 is 1.14 bits per heavy atom. The molecule has 21 heavy (non-hydrogen) atoms. The average Bonchev–Trinajstić information content (AvgIpc) is 2.71. The van der Waals surface area contributed by atoms with Gasteiger partial charge < -0.3 is 5.32 Å². The number of nitrogens with one attached hydrogen (secondary N) is 1. The minimum Gasteiger partial charge on any atom is -0.310 e. The molecule has 1 heterocycles. The van der Waals surface area contributed by atoms with E-state index in [1.807, 2.05) is 0 Å². The van der Waals surface area contributed by atoms with E-state index in [1.54, 1.807) is 0 Å². The van der Waals surface area contributed by atoms with E-state index < -0.39 is 0 Å². The molecule has 0 aliphatic heterocycles. The van der Waals surface area contributed by atoms with Crippen molar-refractivity contribution in [3.05, 3.63) is 17.0 Å². The lowest BCUT2D eigenvalue weighted by atomic mass is 9.80. The van der Waals surface area contributed by atoms with Crippen molar-refractivity contribution in [1.29, 1.82) is 0 Å². The van der Waals surface area contributed by atoms with Crippen LogP contribution in [0.25, 0.3) is 0 Å². The highest BCUT2D eigenvalue weighted by Gasteiger charge is 2.29. The molecule has 0 spiro atoms. The van der Waals surface area contributed by atoms with Gasteiger partial charge in [0.1, 0.15) is 0 Å². The standard InChI is InChI=1S/C18H33N3/c1-7-17(19-8-2)18-14(5)20-21(15(18)6)16-10-12(3)9-13(4)11-16/h12-13,16-17,19H,7-11H2,1-6H3. The van der Waals surface area contributed by atoms with Crippen molar-refractivity contribution in [2.24, 2.45) is 11.8 Å². The van der Waals surface area contributed by atoms with E-state index in [-0.39, 0.29) is 0 Å². The predicted molar refractivity (Wildman–Crippen MR) is 89.6 cm³/mol. The maximum absolute atomic E-state index is 4.93. The van der Waals surface area contributed by atoms with Crippen molar-refractivity contribution in [2.75, 3.05) is 6.54 Å². The second-order valence-corrected chi connectivity index (χ2v) is 7.12. The van der Waals surface area contributed by atoms with Crippen LogP contribution in [0.2, 0.25) is 0 Å². The topological polar surface area (TPSA) is 29.9 Å². The van der Waals surface area contributed by atoms with Crippen molar-refractivity contribution in [1.82, 2.24) is 15.1 Å². The fourth-order valence-corrected chi connectivity index (χ4v) is 4.34. The molecule has 0 amide bonds. The highest BCUT2D eigenvalue weighted by Crippen LogP contribution is 2.37. The monoisotopic (exact) mass is 291 g/mol. The van der Waals surface area contributed by atoms with E-state index in [2.05, 4.69) is 51.5 Å². The molecule has 0 aromatic carbocycles. The minimum absolute atomic E-state index is 0.446. The van der Waals surface area contributed by atoms with Crippen LogP contribution in [0.15, 0.2) is 0 Å². The smallest absolute Gasteiger partial charge is 0.0644 e. The molecular weight excluding hydrogens is 258 g/mol. The number of hydrogen-bond donors (Lipinski definition) is 1. The van der Waals surface area contributed by atoms with Crippen LogP contribution in [-0.2, 0) is 0 Å². The quantitative estimate of drug-likeness (QED) is 0.862. The fourth-order valence-electron chi connectivity index (χ4n) is 4.34. The van der Waals surface area contributed by atoms with Crippen LogP contribution in [0.1, 0.15) is 82.4 Å². The van der Waals surface area contributed by atoms with Gasteiger partial charge in [0.2, 0.25) is 0 Å². The van der Waals surface area contributed by atoms with Crippen LogP contribution in [0.5, 0.6) is 0 Å². The summed E-state index contributed by atoms with van der Waals surface area (Å²) in [6.07, 6.45) is 5.06. The predicted octanol–water partition coefficient (Wildman–Crippen LogP) is 4.56. The van der Waals surface area contributed by atoms with E-state index in [0.717, 1.165) is 24.8 Å². The molecule has 3 atom stereocenters. The van der Waals surface area contributed by atoms with E-state index in [9.17, 15) is 0 Å². The lowest BCUT2D eigenvalue weighted by Crippen LogP contribution is -2.25. The fraction of sp³-hybridized carbons (Fsp3) is 0.833. The van der Waals surface area contributed by atoms with E-state index in [0.29, 0.717) is 12.1 Å². The summed E-state index contributed by atoms with van der Waals surface area (Å²) in [5.74, 6) is 1.64. The SMILES string of the molecule is CCNC(CC)c1c(C)nn(C2CC(C)CC(C)C2)c1C. The van der Waals surface area contributed by atoms with Crippen molar-refractivity contribution < 1.29 is 0 Å². The maximum atomic E-state index is 4.93. The van der Waals surface area contributed by atoms with Gasteiger partial charge in [-0.25, -0.2) is 0 Å². The maximum Gasteiger partial charge on any atom is 0.0644 e. The first kappa shape index (κ1) is 16.5. The molecule has 2 rings (SSSR count). The van der Waals surface area contributed by atoms with Crippen LogP contribution in [-0.4, -0.2) is 16.3 Å². The molecule has 1 aliphatic rings. The van der Waals surface area contributed by atoms with Crippen molar-refractivity contribution in [2.45, 2.75) is 79.3 Å². The minimum atomic E-state index is 0.446. The Labute approximate surface area is 130 Å². The highest BCUT2D eigenvalue weighted by molar-refractivity contribution is 5.28. The summed E-state index contributed by atoms with van der Waals surface area (Å²) in [5.41, 5.74) is 4.03. The number of aryl methyl sites for hydroxylation is 1. The summed E-state index contributed by atoms with van der Waals surface area (Å²) >= 11 is 0. The Bertz CT molecular complexity index is 453. The van der Waals surface area contributed by atoms with Crippen LogP contribution < -0.4 is 5.32 Å². The Morgan fingerprint density at radius 2 is 1.76 bits per heavy atom. The second-order valence-electron chi connectivity index (χ2n) is 7.12. The van der Waals surface area contributed by atoms with Gasteiger partial charge >= 0.3 is 0 Å². The van der Waals surface area contributed by atoms with Gasteiger partial charge in [-0.3, -0.25) is 4.68 Å². The van der Waals surface area contributed by atoms with E-state index in [4.69, 9.17) is 5.10 Å². The van der Waals surface area contributed by atoms with Gasteiger partial charge in [-0.1, -0.05) is 27.7 Å². The zero-order chi connectivity index (χ0) is 15.6. The van der Waals surface area contributed by atoms with Crippen LogP contribution in [0.4, 0.5) is 0 Å².